The first kappa shape index (κ1) is 96.3. The molecule has 4 aliphatic heterocycles. The quantitative estimate of drug-likeness (QED) is 0.126. The van der Waals surface area contributed by atoms with E-state index in [4.69, 9.17) is 4.74 Å². The number of ether oxygens (including phenoxy) is 1. The van der Waals surface area contributed by atoms with Crippen LogP contribution in [-0.4, -0.2) is 246 Å². The number of aliphatic hydroxyl groups is 4. The van der Waals surface area contributed by atoms with E-state index in [-0.39, 0.29) is 57.7 Å². The van der Waals surface area contributed by atoms with Gasteiger partial charge in [0.15, 0.2) is 0 Å². The highest BCUT2D eigenvalue weighted by molar-refractivity contribution is 7.88. The molecule has 4 saturated heterocycles. The zero-order valence-corrected chi connectivity index (χ0v) is 81.5. The Morgan fingerprint density at radius 1 is 0.378 bits per heavy atom. The maximum atomic E-state index is 15.5. The lowest BCUT2D eigenvalue weighted by molar-refractivity contribution is -0.140. The van der Waals surface area contributed by atoms with Gasteiger partial charge in [-0.3, -0.25) is 38.8 Å². The molecule has 127 heavy (non-hydrogen) atoms. The largest absolute Gasteiger partial charge is 0.390 e. The van der Waals surface area contributed by atoms with Crippen LogP contribution in [0, 0.1) is 164 Å². The Bertz CT molecular complexity index is 4000. The first-order chi connectivity index (χ1) is 60.0. The van der Waals surface area contributed by atoms with Gasteiger partial charge in [-0.25, -0.2) is 21.6 Å². The molecular weight excluding hydrogens is 1620 g/mol. The molecule has 0 aromatic carbocycles. The van der Waals surface area contributed by atoms with Crippen molar-refractivity contribution >= 4 is 33.3 Å². The molecule has 0 spiro atoms. The van der Waals surface area contributed by atoms with Gasteiger partial charge in [0.1, 0.15) is 35.9 Å². The summed E-state index contributed by atoms with van der Waals surface area (Å²) in [5.41, 5.74) is -0.478. The summed E-state index contributed by atoms with van der Waals surface area (Å²) in [6.45, 7) is 38.7. The van der Waals surface area contributed by atoms with E-state index in [0.717, 1.165) is 204 Å². The standard InChI is InChI=1S/C27H43FN2O3.C27H45NO2.C26H43FN2O4S.C26H42FNO2/c1-17(31)30-12-10-29(11-13-30)16-25(32)23-5-4-22-20-14-24(28)21-15-26(2,33)8-6-19(21)18(20)7-9-27(22,23)3;1-18(16-28-13-14-30-17-19(28)2)24-7-8-25-23-6-5-20-15-26(3,29)11-9-21(20)22(23)10-12-27(24,25)4;1-25(31)8-6-18-17-7-9-26(2)21(19(17)14-23(27)20(18)15-25)4-5-22(26)24(30)16-28-10-12-29(13-11-28)34(3,32)33;1-25(30)10-8-18-17-9-11-26(2)21(19(17)14-23(27)20(18)15-25)6-7-22(26)24(29)16-28-12-4-3-5-13-28/h18-24,33H,4-16H2,1-3H3;19-25,29H,1,5-17H2,2-4H3;17-23,31H,4-16H2,1-3H3;17-23,30H,3-16H2,1-2H3/t18-,19-,20-,21+,22+,23-,24-,26-,27+;19-,20+,21-,22+,23+,24+,25-,26+,27+;2*17-,18-,19-,20-,21+,22-,23-,25-,26+/m1011/s1. The van der Waals surface area contributed by atoms with E-state index in [2.05, 4.69) is 67.7 Å². The number of amides is 1. The van der Waals surface area contributed by atoms with E-state index in [1.54, 1.807) is 6.92 Å². The van der Waals surface area contributed by atoms with Gasteiger partial charge in [-0.2, -0.15) is 4.31 Å². The lowest BCUT2D eigenvalue weighted by Crippen LogP contribution is -2.55. The summed E-state index contributed by atoms with van der Waals surface area (Å²) in [5, 5.41) is 42.3. The molecule has 20 aliphatic rings. The molecule has 0 aromatic heterocycles. The van der Waals surface area contributed by atoms with Gasteiger partial charge in [0.25, 0.3) is 0 Å². The van der Waals surface area contributed by atoms with Crippen molar-refractivity contribution < 1.29 is 65.9 Å². The molecule has 20 fully saturated rings. The summed E-state index contributed by atoms with van der Waals surface area (Å²) in [4.78, 5) is 63.1. The van der Waals surface area contributed by atoms with Crippen LogP contribution in [0.1, 0.15) is 300 Å². The normalized spacial score (nSPS) is 49.8. The molecule has 17 nitrogen and oxygen atoms in total. The number of piperidine rings is 1. The van der Waals surface area contributed by atoms with Crippen LogP contribution in [0.2, 0.25) is 0 Å². The zero-order valence-electron chi connectivity index (χ0n) is 80.7. The first-order valence-corrected chi connectivity index (χ1v) is 54.7. The molecular formula is C106H173F3N6O11S. The van der Waals surface area contributed by atoms with E-state index < -0.39 is 50.9 Å². The number of piperazine rings is 2. The number of sulfonamides is 1. The number of fused-ring (bicyclic) bond motifs is 20. The Balaban J connectivity index is 0.000000119. The minimum atomic E-state index is -3.17. The summed E-state index contributed by atoms with van der Waals surface area (Å²) in [6.07, 6.45) is 36.2. The molecule has 20 rings (SSSR count). The van der Waals surface area contributed by atoms with Gasteiger partial charge in [-0.15, -0.1) is 0 Å². The minimum absolute atomic E-state index is 0.00112. The summed E-state index contributed by atoms with van der Waals surface area (Å²) in [5.74, 6) is 12.4. The Morgan fingerprint density at radius 2 is 0.717 bits per heavy atom. The molecule has 0 radical (unpaired) electrons. The number of ketones is 3. The van der Waals surface area contributed by atoms with Crippen LogP contribution in [0.15, 0.2) is 12.2 Å². The number of hydrogen-bond acceptors (Lipinski definition) is 15. The summed E-state index contributed by atoms with van der Waals surface area (Å²) < 4.78 is 77.0. The van der Waals surface area contributed by atoms with Gasteiger partial charge >= 0.3 is 0 Å². The van der Waals surface area contributed by atoms with Gasteiger partial charge in [0.2, 0.25) is 15.9 Å². The van der Waals surface area contributed by atoms with Crippen molar-refractivity contribution in [3.8, 4) is 0 Å². The second-order valence-electron chi connectivity index (χ2n) is 50.1. The topological polar surface area (TPSA) is 212 Å². The van der Waals surface area contributed by atoms with Crippen molar-refractivity contribution in [2.45, 2.75) is 347 Å². The average molecular weight is 1800 g/mol. The third-order valence-corrected chi connectivity index (χ3v) is 44.1. The second kappa shape index (κ2) is 37.5. The Kier molecular flexibility index (Phi) is 28.4. The lowest BCUT2D eigenvalue weighted by Gasteiger charge is -2.57. The van der Waals surface area contributed by atoms with E-state index in [1.807, 2.05) is 25.7 Å². The predicted octanol–water partition coefficient (Wildman–Crippen LogP) is 17.1. The molecule has 0 aromatic rings. The van der Waals surface area contributed by atoms with Crippen LogP contribution < -0.4 is 0 Å². The third-order valence-electron chi connectivity index (χ3n) is 42.8. The minimum Gasteiger partial charge on any atom is -0.390 e. The van der Waals surface area contributed by atoms with Crippen molar-refractivity contribution in [1.82, 2.24) is 28.8 Å². The first-order valence-electron chi connectivity index (χ1n) is 52.8. The monoisotopic (exact) mass is 1800 g/mol. The van der Waals surface area contributed by atoms with Crippen LogP contribution in [-0.2, 0) is 33.9 Å². The number of hydrogen-bond donors (Lipinski definition) is 4. The number of carbonyl (C=O) groups is 4. The number of halogens is 3. The number of alkyl halides is 3. The third kappa shape index (κ3) is 19.3. The van der Waals surface area contributed by atoms with Gasteiger partial charge < -0.3 is 30.1 Å². The van der Waals surface area contributed by atoms with Crippen molar-refractivity contribution in [2.75, 3.05) is 118 Å². The highest BCUT2D eigenvalue weighted by Crippen LogP contribution is 2.71. The van der Waals surface area contributed by atoms with Crippen LogP contribution in [0.5, 0.6) is 0 Å². The smallest absolute Gasteiger partial charge is 0.219 e. The number of carbonyl (C=O) groups excluding carboxylic acids is 4. The predicted molar refractivity (Wildman–Crippen MR) is 494 cm³/mol. The maximum Gasteiger partial charge on any atom is 0.219 e. The van der Waals surface area contributed by atoms with Crippen molar-refractivity contribution in [3.63, 3.8) is 0 Å². The number of rotatable bonds is 13. The fourth-order valence-electron chi connectivity index (χ4n) is 36.3. The highest BCUT2D eigenvalue weighted by Gasteiger charge is 2.66. The van der Waals surface area contributed by atoms with E-state index in [1.165, 1.54) is 86.8 Å². The van der Waals surface area contributed by atoms with E-state index >= 15 is 13.2 Å². The van der Waals surface area contributed by atoms with E-state index in [0.29, 0.717) is 203 Å². The summed E-state index contributed by atoms with van der Waals surface area (Å²) in [7, 11) is -3.17. The van der Waals surface area contributed by atoms with Crippen molar-refractivity contribution in [3.05, 3.63) is 12.2 Å². The van der Waals surface area contributed by atoms with Gasteiger partial charge in [-0.05, 0) is 418 Å². The Labute approximate surface area is 764 Å². The molecule has 4 N–H and O–H groups in total. The highest BCUT2D eigenvalue weighted by atomic mass is 32.2. The number of nitrogens with zero attached hydrogens (tertiary/aromatic N) is 6. The molecule has 0 unspecified atom stereocenters. The van der Waals surface area contributed by atoms with E-state index in [9.17, 15) is 48.0 Å². The van der Waals surface area contributed by atoms with Crippen LogP contribution in [0.25, 0.3) is 0 Å². The summed E-state index contributed by atoms with van der Waals surface area (Å²) in [6, 6.07) is 0.523. The zero-order chi connectivity index (χ0) is 90.2. The van der Waals surface area contributed by atoms with Crippen molar-refractivity contribution in [2.24, 2.45) is 164 Å². The average Bonchev–Trinajstić information content (AvgIpc) is 1.63. The second-order valence-corrected chi connectivity index (χ2v) is 52.1. The number of morpholine rings is 1. The number of Topliss-reactive ketones (excluding diaryl/α,β-unsaturated/α-hetero) is 3. The molecule has 4 heterocycles. The molecule has 1 amide bonds. The maximum absolute atomic E-state index is 15.5. The van der Waals surface area contributed by atoms with Gasteiger partial charge in [0, 0.05) is 96.2 Å². The number of likely N-dealkylation sites (tertiary alicyclic amines) is 1. The molecule has 36 atom stereocenters. The van der Waals surface area contributed by atoms with Crippen LogP contribution in [0.3, 0.4) is 0 Å². The Morgan fingerprint density at radius 3 is 1.11 bits per heavy atom. The SMILES string of the molecule is C=C(CN1CCOC[C@@H]1C)[C@H]1CC[C@H]2[C@@H]3CC[C@@H]4C[C@](C)(O)CC[C@@H]4[C@H]3CC[C@]12C.CC(=O)N1CCN(CC(=O)[C@H]2CC[C@H]3[C@@H]4C[C@@H](F)[C@H]5C[C@](C)(O)CC[C@@H]5[C@H]4CC[C@]23C)CC1.C[C@@]1(O)CC[C@@H]2[C@H]3CC[C@]4(C)[C@@H](C(=O)CN5CCCCC5)CC[C@H]4[C@@H]3C[C@@H](F)[C@@H]2C1.C[C@@]1(O)CC[C@@H]2[C@H]3CC[C@]4(C)[C@@H](C(=O)CN5CCN(S(C)(=O)=O)CC5)CC[C@H]4[C@@H]3C[C@@H](F)[C@@H]2C1. The van der Waals surface area contributed by atoms with Crippen LogP contribution >= 0.6 is 0 Å². The molecule has 21 heteroatoms. The van der Waals surface area contributed by atoms with Crippen molar-refractivity contribution in [1.29, 1.82) is 0 Å². The fraction of sp³-hybridized carbons (Fsp3) is 0.943. The Hall–Kier alpha value is -2.44. The lowest BCUT2D eigenvalue weighted by atomic mass is 9.48. The summed E-state index contributed by atoms with van der Waals surface area (Å²) >= 11 is 0. The molecule has 16 saturated carbocycles. The van der Waals surface area contributed by atoms with Gasteiger partial charge in [0.05, 0.1) is 61.5 Å². The molecule has 16 aliphatic carbocycles. The molecule has 0 bridgehead atoms. The van der Waals surface area contributed by atoms with Crippen LogP contribution in [0.4, 0.5) is 13.2 Å². The van der Waals surface area contributed by atoms with Gasteiger partial charge in [-0.1, -0.05) is 46.3 Å². The fourth-order valence-corrected chi connectivity index (χ4v) is 37.1. The molecule has 720 valence electrons.